The minimum Gasteiger partial charge on any atom is -0.333 e. The number of benzene rings is 1. The third-order valence-corrected chi connectivity index (χ3v) is 4.75. The zero-order chi connectivity index (χ0) is 15.1. The van der Waals surface area contributed by atoms with Gasteiger partial charge in [-0.25, -0.2) is 8.78 Å². The summed E-state index contributed by atoms with van der Waals surface area (Å²) in [7, 11) is 0. The number of likely N-dealkylation sites (tertiary alicyclic amines) is 1. The van der Waals surface area contributed by atoms with Crippen molar-refractivity contribution in [2.45, 2.75) is 38.5 Å². The lowest BCUT2D eigenvalue weighted by Crippen LogP contribution is -2.29. The Hall–Kier alpha value is -1.45. The second kappa shape index (κ2) is 5.39. The first kappa shape index (κ1) is 14.5. The largest absolute Gasteiger partial charge is 0.333 e. The van der Waals surface area contributed by atoms with E-state index in [1.165, 1.54) is 16.9 Å². The van der Waals surface area contributed by atoms with Gasteiger partial charge in [-0.15, -0.1) is 0 Å². The molecule has 1 aromatic carbocycles. The van der Waals surface area contributed by atoms with Crippen LogP contribution in [-0.4, -0.2) is 36.2 Å². The molecular formula is C17H21F2NO. The Morgan fingerprint density at radius 2 is 1.71 bits per heavy atom. The van der Waals surface area contributed by atoms with Gasteiger partial charge in [-0.05, 0) is 41.9 Å². The third kappa shape index (κ3) is 2.81. The van der Waals surface area contributed by atoms with Crippen LogP contribution in [0.4, 0.5) is 8.78 Å². The molecule has 0 aromatic heterocycles. The Morgan fingerprint density at radius 3 is 2.19 bits per heavy atom. The quantitative estimate of drug-likeness (QED) is 0.834. The summed E-state index contributed by atoms with van der Waals surface area (Å²) in [5.74, 6) is 1.75. The molecule has 1 saturated carbocycles. The van der Waals surface area contributed by atoms with Crippen LogP contribution < -0.4 is 0 Å². The molecule has 1 aromatic rings. The van der Waals surface area contributed by atoms with E-state index in [9.17, 15) is 13.6 Å². The summed E-state index contributed by atoms with van der Waals surface area (Å²) in [5, 5.41) is 0. The van der Waals surface area contributed by atoms with Crippen molar-refractivity contribution >= 4 is 5.91 Å². The van der Waals surface area contributed by atoms with Gasteiger partial charge in [0.1, 0.15) is 0 Å². The average molecular weight is 293 g/mol. The number of hydrogen-bond acceptors (Lipinski definition) is 1. The molecule has 0 spiro atoms. The highest BCUT2D eigenvalue weighted by Crippen LogP contribution is 2.51. The van der Waals surface area contributed by atoms with E-state index in [0.717, 1.165) is 5.92 Å². The summed E-state index contributed by atoms with van der Waals surface area (Å²) in [6, 6.07) is 7.53. The van der Waals surface area contributed by atoms with E-state index >= 15 is 0 Å². The Bertz CT molecular complexity index is 518. The van der Waals surface area contributed by atoms with E-state index < -0.39 is 12.3 Å². The standard InChI is InChI=1S/C17H21F2NO/c1-10(2)13-7-14(13)11-3-5-12(6-4-11)17(21)20-8-15(18)16(19)9-20/h3-6,10,13-16H,7-9H2,1-2H3/t13-,14-,15-,16-/m1/s1. The minimum atomic E-state index is -1.55. The molecule has 1 amide bonds. The number of rotatable bonds is 3. The Kier molecular flexibility index (Phi) is 3.72. The molecule has 0 radical (unpaired) electrons. The van der Waals surface area contributed by atoms with Crippen molar-refractivity contribution < 1.29 is 13.6 Å². The van der Waals surface area contributed by atoms with Gasteiger partial charge in [0.15, 0.2) is 12.3 Å². The van der Waals surface area contributed by atoms with Gasteiger partial charge in [0.2, 0.25) is 0 Å². The minimum absolute atomic E-state index is 0.139. The van der Waals surface area contributed by atoms with Crippen LogP contribution in [0, 0.1) is 11.8 Å². The fourth-order valence-electron chi connectivity index (χ4n) is 3.28. The molecule has 1 heterocycles. The number of carbonyl (C=O) groups is 1. The molecule has 0 unspecified atom stereocenters. The van der Waals surface area contributed by atoms with Gasteiger partial charge in [-0.1, -0.05) is 26.0 Å². The van der Waals surface area contributed by atoms with Crippen LogP contribution in [0.25, 0.3) is 0 Å². The summed E-state index contributed by atoms with van der Waals surface area (Å²) in [6.45, 7) is 4.19. The molecule has 1 aliphatic carbocycles. The molecule has 3 rings (SSSR count). The van der Waals surface area contributed by atoms with Gasteiger partial charge >= 0.3 is 0 Å². The summed E-state index contributed by atoms with van der Waals surface area (Å²) < 4.78 is 26.3. The maximum atomic E-state index is 13.2. The second-order valence-corrected chi connectivity index (χ2v) is 6.61. The third-order valence-electron chi connectivity index (χ3n) is 4.75. The Labute approximate surface area is 124 Å². The van der Waals surface area contributed by atoms with Crippen molar-refractivity contribution in [3.8, 4) is 0 Å². The highest BCUT2D eigenvalue weighted by Gasteiger charge is 2.40. The maximum Gasteiger partial charge on any atom is 0.254 e. The SMILES string of the molecule is CC(C)[C@H]1C[C@@H]1c1ccc(C(=O)N2C[C@@H](F)[C@H](F)C2)cc1. The zero-order valence-electron chi connectivity index (χ0n) is 12.4. The predicted molar refractivity (Wildman–Crippen MR) is 77.8 cm³/mol. The average Bonchev–Trinajstić information content (AvgIpc) is 3.20. The fraction of sp³-hybridized carbons (Fsp3) is 0.588. The first-order valence-electron chi connectivity index (χ1n) is 7.64. The topological polar surface area (TPSA) is 20.3 Å². The van der Waals surface area contributed by atoms with E-state index in [1.54, 1.807) is 12.1 Å². The lowest BCUT2D eigenvalue weighted by atomic mass is 10.0. The highest BCUT2D eigenvalue weighted by molar-refractivity contribution is 5.94. The summed E-state index contributed by atoms with van der Waals surface area (Å²) in [5.41, 5.74) is 1.78. The van der Waals surface area contributed by atoms with Crippen LogP contribution >= 0.6 is 0 Å². The lowest BCUT2D eigenvalue weighted by molar-refractivity contribution is 0.0779. The Morgan fingerprint density at radius 1 is 1.14 bits per heavy atom. The number of alkyl halides is 2. The molecule has 21 heavy (non-hydrogen) atoms. The van der Waals surface area contributed by atoms with Gasteiger partial charge < -0.3 is 4.90 Å². The van der Waals surface area contributed by atoms with Gasteiger partial charge in [0.25, 0.3) is 5.91 Å². The molecule has 0 N–H and O–H groups in total. The molecule has 0 bridgehead atoms. The number of amides is 1. The van der Waals surface area contributed by atoms with E-state index in [4.69, 9.17) is 0 Å². The van der Waals surface area contributed by atoms with Gasteiger partial charge in [-0.2, -0.15) is 0 Å². The van der Waals surface area contributed by atoms with Gasteiger partial charge in [0.05, 0.1) is 13.1 Å². The van der Waals surface area contributed by atoms with Crippen LogP contribution in [0.3, 0.4) is 0 Å². The monoisotopic (exact) mass is 293 g/mol. The first-order valence-corrected chi connectivity index (χ1v) is 7.64. The van der Waals surface area contributed by atoms with Crippen molar-refractivity contribution in [1.29, 1.82) is 0 Å². The molecule has 2 fully saturated rings. The molecule has 1 aliphatic heterocycles. The number of halogens is 2. The summed E-state index contributed by atoms with van der Waals surface area (Å²) in [4.78, 5) is 13.5. The van der Waals surface area contributed by atoms with Crippen LogP contribution in [0.2, 0.25) is 0 Å². The number of hydrogen-bond donors (Lipinski definition) is 0. The molecule has 1 saturated heterocycles. The Balaban J connectivity index is 1.66. The van der Waals surface area contributed by atoms with E-state index in [-0.39, 0.29) is 19.0 Å². The lowest BCUT2D eigenvalue weighted by Gasteiger charge is -2.15. The molecule has 4 heteroatoms. The normalized spacial score (nSPS) is 31.8. The van der Waals surface area contributed by atoms with E-state index in [2.05, 4.69) is 13.8 Å². The van der Waals surface area contributed by atoms with E-state index in [0.29, 0.717) is 17.4 Å². The predicted octanol–water partition coefficient (Wildman–Crippen LogP) is 3.58. The van der Waals surface area contributed by atoms with Crippen LogP contribution in [0.5, 0.6) is 0 Å². The molecule has 4 atom stereocenters. The van der Waals surface area contributed by atoms with Gasteiger partial charge in [0, 0.05) is 5.56 Å². The summed E-state index contributed by atoms with van der Waals surface area (Å²) in [6.07, 6.45) is -1.89. The molecular weight excluding hydrogens is 272 g/mol. The molecule has 2 nitrogen and oxygen atoms in total. The van der Waals surface area contributed by atoms with Crippen molar-refractivity contribution in [2.24, 2.45) is 11.8 Å². The van der Waals surface area contributed by atoms with Crippen LogP contribution in [-0.2, 0) is 0 Å². The molecule has 2 aliphatic rings. The van der Waals surface area contributed by atoms with Gasteiger partial charge in [-0.3, -0.25) is 4.79 Å². The van der Waals surface area contributed by atoms with Crippen LogP contribution in [0.15, 0.2) is 24.3 Å². The van der Waals surface area contributed by atoms with Crippen molar-refractivity contribution in [3.63, 3.8) is 0 Å². The number of nitrogens with zero attached hydrogens (tertiary/aromatic N) is 1. The van der Waals surface area contributed by atoms with Crippen molar-refractivity contribution in [3.05, 3.63) is 35.4 Å². The van der Waals surface area contributed by atoms with Crippen molar-refractivity contribution in [1.82, 2.24) is 4.90 Å². The van der Waals surface area contributed by atoms with Crippen LogP contribution in [0.1, 0.15) is 42.1 Å². The first-order chi connectivity index (χ1) is 9.97. The zero-order valence-corrected chi connectivity index (χ0v) is 12.4. The fourth-order valence-corrected chi connectivity index (χ4v) is 3.28. The highest BCUT2D eigenvalue weighted by atomic mass is 19.2. The van der Waals surface area contributed by atoms with E-state index in [1.807, 2.05) is 12.1 Å². The second-order valence-electron chi connectivity index (χ2n) is 6.61. The number of carbonyl (C=O) groups excluding carboxylic acids is 1. The van der Waals surface area contributed by atoms with Crippen molar-refractivity contribution in [2.75, 3.05) is 13.1 Å². The maximum absolute atomic E-state index is 13.2. The smallest absolute Gasteiger partial charge is 0.254 e. The summed E-state index contributed by atoms with van der Waals surface area (Å²) >= 11 is 0. The molecule has 114 valence electrons.